The molecule has 0 unspecified atom stereocenters. The summed E-state index contributed by atoms with van der Waals surface area (Å²) < 4.78 is 7.79. The minimum absolute atomic E-state index is 0.0115. The minimum atomic E-state index is -0.494. The van der Waals surface area contributed by atoms with Crippen LogP contribution in [0.5, 0.6) is 5.75 Å². The Morgan fingerprint density at radius 2 is 1.81 bits per heavy atom. The van der Waals surface area contributed by atoms with E-state index in [4.69, 9.17) is 4.74 Å². The van der Waals surface area contributed by atoms with Gasteiger partial charge in [-0.2, -0.15) is 0 Å². The molecule has 0 fully saturated rings. The molecule has 0 saturated heterocycles. The number of aromatic nitrogens is 3. The molecule has 8 heteroatoms. The highest BCUT2D eigenvalue weighted by Crippen LogP contribution is 2.40. The Bertz CT molecular complexity index is 1350. The Morgan fingerprint density at radius 1 is 0.969 bits per heavy atom. The molecule has 0 spiro atoms. The van der Waals surface area contributed by atoms with Crippen molar-refractivity contribution in [3.05, 3.63) is 82.4 Å². The van der Waals surface area contributed by atoms with Crippen LogP contribution in [-0.2, 0) is 6.54 Å². The number of benzene rings is 2. The van der Waals surface area contributed by atoms with Crippen molar-refractivity contribution in [3.8, 4) is 17.0 Å². The van der Waals surface area contributed by atoms with Gasteiger partial charge in [0.15, 0.2) is 5.78 Å². The number of unbranched alkanes of at least 4 members (excludes halogenated alkanes) is 2. The van der Waals surface area contributed by atoms with Gasteiger partial charge in [-0.25, -0.2) is 0 Å². The van der Waals surface area contributed by atoms with Crippen LogP contribution in [0.4, 0.5) is 5.82 Å². The summed E-state index contributed by atoms with van der Waals surface area (Å²) in [6, 6.07) is 13.1. The Balaban J connectivity index is 1.26. The summed E-state index contributed by atoms with van der Waals surface area (Å²) in [5, 5.41) is 12.4. The SMILES string of the molecule is O=C1c2ccccc2-c2nccc3c(OCCCCCn4cnc([N+](=O)[O-])c4)ccc1c23. The lowest BCUT2D eigenvalue weighted by Gasteiger charge is -2.20. The molecule has 8 nitrogen and oxygen atoms in total. The Kier molecular flexibility index (Phi) is 5.10. The number of aryl methyl sites for hydroxylation is 1. The standard InChI is InChI=1S/C24H20N4O4/c29-24-17-7-3-2-6-16(17)23-22-18(10-11-25-23)20(9-8-19(22)24)32-13-5-1-4-12-27-14-21(26-15-27)28(30)31/h2-3,6-11,14-15H,1,4-5,12-13H2. The highest BCUT2D eigenvalue weighted by molar-refractivity contribution is 6.25. The Morgan fingerprint density at radius 3 is 2.62 bits per heavy atom. The van der Waals surface area contributed by atoms with E-state index in [0.717, 1.165) is 47.0 Å². The molecule has 4 aromatic rings. The number of hydrogen-bond donors (Lipinski definition) is 0. The molecule has 2 aromatic carbocycles. The van der Waals surface area contributed by atoms with E-state index >= 15 is 0 Å². The monoisotopic (exact) mass is 428 g/mol. The normalized spacial score (nSPS) is 12.1. The molecule has 1 aliphatic rings. The van der Waals surface area contributed by atoms with Crippen molar-refractivity contribution in [3.63, 3.8) is 0 Å². The summed E-state index contributed by atoms with van der Waals surface area (Å²) in [6.07, 6.45) is 7.32. The molecule has 0 saturated carbocycles. The number of imidazole rings is 1. The number of hydrogen-bond acceptors (Lipinski definition) is 6. The van der Waals surface area contributed by atoms with Gasteiger partial charge < -0.3 is 19.4 Å². The van der Waals surface area contributed by atoms with Gasteiger partial charge >= 0.3 is 5.82 Å². The van der Waals surface area contributed by atoms with Gasteiger partial charge in [0.05, 0.1) is 12.3 Å². The number of ether oxygens (including phenoxy) is 1. The maximum atomic E-state index is 13.0. The van der Waals surface area contributed by atoms with Crippen molar-refractivity contribution in [1.82, 2.24) is 14.5 Å². The Hall–Kier alpha value is -4.07. The van der Waals surface area contributed by atoms with Crippen LogP contribution in [0.25, 0.3) is 22.0 Å². The summed E-state index contributed by atoms with van der Waals surface area (Å²) in [5.74, 6) is 0.619. The van der Waals surface area contributed by atoms with Crippen LogP contribution < -0.4 is 4.74 Å². The van der Waals surface area contributed by atoms with E-state index in [9.17, 15) is 14.9 Å². The molecule has 5 rings (SSSR count). The van der Waals surface area contributed by atoms with E-state index in [-0.39, 0.29) is 11.6 Å². The number of pyridine rings is 1. The third-order valence-electron chi connectivity index (χ3n) is 5.68. The first kappa shape index (κ1) is 19.9. The van der Waals surface area contributed by atoms with Crippen LogP contribution in [-0.4, -0.2) is 31.8 Å². The van der Waals surface area contributed by atoms with Crippen LogP contribution >= 0.6 is 0 Å². The molecule has 1 aliphatic carbocycles. The van der Waals surface area contributed by atoms with Gasteiger partial charge in [-0.05, 0) is 47.4 Å². The molecule has 32 heavy (non-hydrogen) atoms. The first-order valence-corrected chi connectivity index (χ1v) is 10.5. The topological polar surface area (TPSA) is 100 Å². The Labute approximate surface area is 183 Å². The fraction of sp³-hybridized carbons (Fsp3) is 0.208. The van der Waals surface area contributed by atoms with Crippen LogP contribution in [0.1, 0.15) is 35.2 Å². The van der Waals surface area contributed by atoms with E-state index < -0.39 is 4.92 Å². The summed E-state index contributed by atoms with van der Waals surface area (Å²) in [7, 11) is 0. The average molecular weight is 428 g/mol. The number of nitrogens with zero attached hydrogens (tertiary/aromatic N) is 4. The molecule has 0 amide bonds. The second-order valence-corrected chi connectivity index (χ2v) is 7.70. The highest BCUT2D eigenvalue weighted by Gasteiger charge is 2.26. The van der Waals surface area contributed by atoms with Crippen LogP contribution in [0.2, 0.25) is 0 Å². The number of rotatable bonds is 8. The van der Waals surface area contributed by atoms with Crippen molar-refractivity contribution in [1.29, 1.82) is 0 Å². The van der Waals surface area contributed by atoms with Gasteiger partial charge in [0.25, 0.3) is 0 Å². The lowest BCUT2D eigenvalue weighted by Crippen LogP contribution is -2.11. The molecule has 2 aromatic heterocycles. The molecular formula is C24H20N4O4. The molecule has 2 heterocycles. The quantitative estimate of drug-likeness (QED) is 0.200. The van der Waals surface area contributed by atoms with E-state index in [1.807, 2.05) is 42.5 Å². The molecule has 0 bridgehead atoms. The summed E-state index contributed by atoms with van der Waals surface area (Å²) >= 11 is 0. The first-order valence-electron chi connectivity index (χ1n) is 10.5. The van der Waals surface area contributed by atoms with Gasteiger partial charge in [-0.15, -0.1) is 0 Å². The first-order chi connectivity index (χ1) is 15.6. The number of nitro groups is 1. The lowest BCUT2D eigenvalue weighted by molar-refractivity contribution is -0.389. The van der Waals surface area contributed by atoms with Crippen LogP contribution in [0.15, 0.2) is 61.2 Å². The zero-order valence-corrected chi connectivity index (χ0v) is 17.2. The molecule has 0 aliphatic heterocycles. The number of carbonyl (C=O) groups is 1. The highest BCUT2D eigenvalue weighted by atomic mass is 16.6. The number of carbonyl (C=O) groups excluding carboxylic acids is 1. The summed E-state index contributed by atoms with van der Waals surface area (Å²) in [5.41, 5.74) is 3.00. The fourth-order valence-electron chi connectivity index (χ4n) is 4.14. The van der Waals surface area contributed by atoms with Gasteiger partial charge in [0.2, 0.25) is 6.33 Å². The zero-order valence-electron chi connectivity index (χ0n) is 17.2. The van der Waals surface area contributed by atoms with Gasteiger partial charge in [-0.1, -0.05) is 24.3 Å². The molecule has 0 radical (unpaired) electrons. The number of ketones is 1. The maximum absolute atomic E-state index is 13.0. The minimum Gasteiger partial charge on any atom is -0.493 e. The van der Waals surface area contributed by atoms with Gasteiger partial charge in [-0.3, -0.25) is 9.78 Å². The lowest BCUT2D eigenvalue weighted by atomic mass is 9.85. The van der Waals surface area contributed by atoms with Crippen LogP contribution in [0.3, 0.4) is 0 Å². The summed E-state index contributed by atoms with van der Waals surface area (Å²) in [4.78, 5) is 31.5. The van der Waals surface area contributed by atoms with E-state index in [1.165, 1.54) is 12.5 Å². The van der Waals surface area contributed by atoms with Crippen molar-refractivity contribution in [2.24, 2.45) is 0 Å². The van der Waals surface area contributed by atoms with Gasteiger partial charge in [0.1, 0.15) is 11.9 Å². The third kappa shape index (κ3) is 3.49. The second kappa shape index (κ2) is 8.22. The molecule has 160 valence electrons. The van der Waals surface area contributed by atoms with Crippen molar-refractivity contribution in [2.45, 2.75) is 25.8 Å². The average Bonchev–Trinajstić information content (AvgIpc) is 3.29. The molecule has 0 atom stereocenters. The maximum Gasteiger partial charge on any atom is 0.381 e. The van der Waals surface area contributed by atoms with E-state index in [0.29, 0.717) is 24.3 Å². The van der Waals surface area contributed by atoms with E-state index in [2.05, 4.69) is 9.97 Å². The predicted octanol–water partition coefficient (Wildman–Crippen LogP) is 4.80. The smallest absolute Gasteiger partial charge is 0.381 e. The fourth-order valence-corrected chi connectivity index (χ4v) is 4.14. The van der Waals surface area contributed by atoms with Crippen molar-refractivity contribution >= 4 is 22.4 Å². The molecule has 0 N–H and O–H groups in total. The molecular weight excluding hydrogens is 408 g/mol. The third-order valence-corrected chi connectivity index (χ3v) is 5.68. The van der Waals surface area contributed by atoms with Crippen molar-refractivity contribution < 1.29 is 14.5 Å². The van der Waals surface area contributed by atoms with Crippen LogP contribution in [0, 0.1) is 10.1 Å². The van der Waals surface area contributed by atoms with Crippen molar-refractivity contribution in [2.75, 3.05) is 6.61 Å². The predicted molar refractivity (Wildman–Crippen MR) is 119 cm³/mol. The zero-order chi connectivity index (χ0) is 22.1. The van der Waals surface area contributed by atoms with Gasteiger partial charge in [0, 0.05) is 40.2 Å². The summed E-state index contributed by atoms with van der Waals surface area (Å²) in [6.45, 7) is 1.22. The number of fused-ring (bicyclic) bond motifs is 2. The second-order valence-electron chi connectivity index (χ2n) is 7.70. The van der Waals surface area contributed by atoms with E-state index in [1.54, 1.807) is 10.8 Å². The largest absolute Gasteiger partial charge is 0.493 e.